The van der Waals surface area contributed by atoms with Gasteiger partial charge >= 0.3 is 0 Å². The summed E-state index contributed by atoms with van der Waals surface area (Å²) < 4.78 is 12.8. The fraction of sp³-hybridized carbons (Fsp3) is 0.500. The number of hydrogen-bond donors (Lipinski definition) is 1. The first kappa shape index (κ1) is 16.2. The fourth-order valence-electron chi connectivity index (χ4n) is 2.32. The standard InChI is InChI=1S/C16H24N2O2S/c1-3-21-16-12-13(17)11-15-14(16)5-6-18(15)7-10-20-9-4-8-19-2/h5-6,11-12H,3-4,7-10,17H2,1-2H3. The minimum Gasteiger partial charge on any atom is -0.399 e. The number of ether oxygens (including phenoxy) is 2. The monoisotopic (exact) mass is 308 g/mol. The molecule has 0 aliphatic heterocycles. The molecule has 1 heterocycles. The molecule has 0 aliphatic rings. The number of aromatic nitrogens is 1. The lowest BCUT2D eigenvalue weighted by Gasteiger charge is -2.09. The molecule has 2 N–H and O–H groups in total. The van der Waals surface area contributed by atoms with Crippen molar-refractivity contribution in [3.8, 4) is 0 Å². The number of hydrogen-bond acceptors (Lipinski definition) is 4. The third kappa shape index (κ3) is 4.40. The molecule has 1 aromatic carbocycles. The summed E-state index contributed by atoms with van der Waals surface area (Å²) in [4.78, 5) is 1.26. The van der Waals surface area contributed by atoms with Crippen LogP contribution in [0.1, 0.15) is 13.3 Å². The van der Waals surface area contributed by atoms with E-state index in [1.54, 1.807) is 7.11 Å². The first-order valence-electron chi connectivity index (χ1n) is 7.34. The van der Waals surface area contributed by atoms with Crippen molar-refractivity contribution in [1.82, 2.24) is 4.57 Å². The Bertz CT molecular complexity index is 569. The number of methoxy groups -OCH3 is 1. The van der Waals surface area contributed by atoms with Crippen molar-refractivity contribution in [1.29, 1.82) is 0 Å². The van der Waals surface area contributed by atoms with Crippen LogP contribution in [-0.2, 0) is 16.0 Å². The molecule has 2 rings (SSSR count). The maximum atomic E-state index is 6.02. The van der Waals surface area contributed by atoms with E-state index in [0.717, 1.165) is 37.6 Å². The molecule has 0 spiro atoms. The Hall–Kier alpha value is -1.17. The maximum absolute atomic E-state index is 6.02. The van der Waals surface area contributed by atoms with Gasteiger partial charge in [-0.05, 0) is 30.4 Å². The highest BCUT2D eigenvalue weighted by atomic mass is 32.2. The van der Waals surface area contributed by atoms with Crippen LogP contribution in [0.25, 0.3) is 10.9 Å². The molecule has 0 bridgehead atoms. The topological polar surface area (TPSA) is 49.4 Å². The van der Waals surface area contributed by atoms with Gasteiger partial charge in [0.05, 0.1) is 12.1 Å². The lowest BCUT2D eigenvalue weighted by Crippen LogP contribution is -2.07. The SMILES string of the molecule is CCSc1cc(N)cc2c1ccn2CCOCCCOC. The number of thioether (sulfide) groups is 1. The minimum absolute atomic E-state index is 0.707. The number of fused-ring (bicyclic) bond motifs is 1. The molecule has 116 valence electrons. The molecule has 5 heteroatoms. The average Bonchev–Trinajstić information content (AvgIpc) is 2.86. The van der Waals surface area contributed by atoms with E-state index in [0.29, 0.717) is 6.61 Å². The summed E-state index contributed by atoms with van der Waals surface area (Å²) in [5.41, 5.74) is 8.03. The second-order valence-corrected chi connectivity index (χ2v) is 6.16. The van der Waals surface area contributed by atoms with Gasteiger partial charge in [-0.2, -0.15) is 0 Å². The quantitative estimate of drug-likeness (QED) is 0.438. The third-order valence-electron chi connectivity index (χ3n) is 3.29. The first-order valence-corrected chi connectivity index (χ1v) is 8.32. The molecule has 0 saturated carbocycles. The summed E-state index contributed by atoms with van der Waals surface area (Å²) in [5.74, 6) is 1.05. The highest BCUT2D eigenvalue weighted by Gasteiger charge is 2.07. The third-order valence-corrected chi connectivity index (χ3v) is 4.22. The number of nitrogen functional groups attached to an aromatic ring is 1. The predicted octanol–water partition coefficient (Wildman–Crippen LogP) is 3.39. The van der Waals surface area contributed by atoms with Crippen molar-refractivity contribution in [3.63, 3.8) is 0 Å². The molecule has 0 unspecified atom stereocenters. The van der Waals surface area contributed by atoms with Gasteiger partial charge in [0.1, 0.15) is 0 Å². The van der Waals surface area contributed by atoms with E-state index < -0.39 is 0 Å². The number of nitrogens with two attached hydrogens (primary N) is 1. The van der Waals surface area contributed by atoms with Crippen LogP contribution in [0.15, 0.2) is 29.3 Å². The predicted molar refractivity (Wildman–Crippen MR) is 90.1 cm³/mol. The lowest BCUT2D eigenvalue weighted by atomic mass is 10.2. The Labute approximate surface area is 130 Å². The molecule has 0 fully saturated rings. The van der Waals surface area contributed by atoms with E-state index in [4.69, 9.17) is 15.2 Å². The number of anilines is 1. The molecule has 21 heavy (non-hydrogen) atoms. The van der Waals surface area contributed by atoms with E-state index >= 15 is 0 Å². The first-order chi connectivity index (χ1) is 10.3. The molecular weight excluding hydrogens is 284 g/mol. The molecule has 0 amide bonds. The van der Waals surface area contributed by atoms with Crippen LogP contribution < -0.4 is 5.73 Å². The summed E-state index contributed by atoms with van der Waals surface area (Å²) in [7, 11) is 1.71. The van der Waals surface area contributed by atoms with Gasteiger partial charge in [0, 0.05) is 49.0 Å². The number of benzene rings is 1. The molecule has 4 nitrogen and oxygen atoms in total. The lowest BCUT2D eigenvalue weighted by molar-refractivity contribution is 0.0982. The van der Waals surface area contributed by atoms with E-state index in [1.807, 2.05) is 17.8 Å². The van der Waals surface area contributed by atoms with Crippen LogP contribution in [-0.4, -0.2) is 37.3 Å². The molecule has 0 radical (unpaired) electrons. The molecule has 0 saturated heterocycles. The van der Waals surface area contributed by atoms with Crippen LogP contribution in [0.3, 0.4) is 0 Å². The summed E-state index contributed by atoms with van der Waals surface area (Å²) >= 11 is 1.83. The van der Waals surface area contributed by atoms with Gasteiger partial charge in [0.2, 0.25) is 0 Å². The Morgan fingerprint density at radius 2 is 2.10 bits per heavy atom. The van der Waals surface area contributed by atoms with Gasteiger partial charge < -0.3 is 19.8 Å². The summed E-state index contributed by atoms with van der Waals surface area (Å²) in [5, 5.41) is 1.27. The van der Waals surface area contributed by atoms with E-state index in [9.17, 15) is 0 Å². The van der Waals surface area contributed by atoms with Crippen LogP contribution in [0.5, 0.6) is 0 Å². The highest BCUT2D eigenvalue weighted by molar-refractivity contribution is 7.99. The van der Waals surface area contributed by atoms with Crippen molar-refractivity contribution in [2.75, 3.05) is 38.4 Å². The highest BCUT2D eigenvalue weighted by Crippen LogP contribution is 2.31. The smallest absolute Gasteiger partial charge is 0.0645 e. The Morgan fingerprint density at radius 3 is 2.86 bits per heavy atom. The normalized spacial score (nSPS) is 11.3. The van der Waals surface area contributed by atoms with E-state index in [1.165, 1.54) is 15.8 Å². The minimum atomic E-state index is 0.707. The molecule has 0 atom stereocenters. The van der Waals surface area contributed by atoms with Crippen molar-refractivity contribution in [2.24, 2.45) is 0 Å². The summed E-state index contributed by atoms with van der Waals surface area (Å²) in [6.45, 7) is 5.20. The zero-order valence-electron chi connectivity index (χ0n) is 12.8. The van der Waals surface area contributed by atoms with Crippen LogP contribution in [0.4, 0.5) is 5.69 Å². The van der Waals surface area contributed by atoms with Crippen molar-refractivity contribution in [3.05, 3.63) is 24.4 Å². The largest absolute Gasteiger partial charge is 0.399 e. The Kier molecular flexibility index (Phi) is 6.42. The molecule has 1 aromatic heterocycles. The van der Waals surface area contributed by atoms with Gasteiger partial charge in [-0.25, -0.2) is 0 Å². The zero-order chi connectivity index (χ0) is 15.1. The average molecular weight is 308 g/mol. The van der Waals surface area contributed by atoms with E-state index in [-0.39, 0.29) is 0 Å². The molecule has 2 aromatic rings. The van der Waals surface area contributed by atoms with Crippen LogP contribution in [0, 0.1) is 0 Å². The Morgan fingerprint density at radius 1 is 1.24 bits per heavy atom. The van der Waals surface area contributed by atoms with Crippen LogP contribution >= 0.6 is 11.8 Å². The zero-order valence-corrected chi connectivity index (χ0v) is 13.6. The Balaban J connectivity index is 2.00. The summed E-state index contributed by atoms with van der Waals surface area (Å²) in [6, 6.07) is 6.26. The molecular formula is C16H24N2O2S. The van der Waals surface area contributed by atoms with Gasteiger partial charge in [-0.3, -0.25) is 0 Å². The maximum Gasteiger partial charge on any atom is 0.0645 e. The second-order valence-electron chi connectivity index (χ2n) is 4.85. The second kappa shape index (κ2) is 8.32. The number of nitrogens with zero attached hydrogens (tertiary/aromatic N) is 1. The van der Waals surface area contributed by atoms with E-state index in [2.05, 4.69) is 29.8 Å². The van der Waals surface area contributed by atoms with Crippen molar-refractivity contribution >= 4 is 28.4 Å². The van der Waals surface area contributed by atoms with Gasteiger partial charge in [0.15, 0.2) is 0 Å². The molecule has 0 aliphatic carbocycles. The van der Waals surface area contributed by atoms with Crippen molar-refractivity contribution in [2.45, 2.75) is 24.8 Å². The fourth-order valence-corrected chi connectivity index (χ4v) is 3.18. The van der Waals surface area contributed by atoms with Gasteiger partial charge in [0.25, 0.3) is 0 Å². The van der Waals surface area contributed by atoms with Crippen LogP contribution in [0.2, 0.25) is 0 Å². The summed E-state index contributed by atoms with van der Waals surface area (Å²) in [6.07, 6.45) is 3.05. The van der Waals surface area contributed by atoms with Crippen molar-refractivity contribution < 1.29 is 9.47 Å². The number of rotatable bonds is 9. The van der Waals surface area contributed by atoms with Gasteiger partial charge in [-0.1, -0.05) is 6.92 Å². The van der Waals surface area contributed by atoms with Gasteiger partial charge in [-0.15, -0.1) is 11.8 Å².